The highest BCUT2D eigenvalue weighted by molar-refractivity contribution is 5.77. The molecule has 3 rings (SSSR count). The zero-order valence-corrected chi connectivity index (χ0v) is 9.52. The van der Waals surface area contributed by atoms with Crippen LogP contribution in [0.25, 0.3) is 0 Å². The maximum Gasteiger partial charge on any atom is 0.246 e. The van der Waals surface area contributed by atoms with Gasteiger partial charge in [-0.15, -0.1) is 5.10 Å². The van der Waals surface area contributed by atoms with Gasteiger partial charge in [0.1, 0.15) is 0 Å². The van der Waals surface area contributed by atoms with E-state index in [0.29, 0.717) is 30.3 Å². The predicted molar refractivity (Wildman–Crippen MR) is 62.3 cm³/mol. The molecule has 0 saturated carbocycles. The highest BCUT2D eigenvalue weighted by Gasteiger charge is 2.34. The summed E-state index contributed by atoms with van der Waals surface area (Å²) in [5.41, 5.74) is 5.52. The van der Waals surface area contributed by atoms with Crippen molar-refractivity contribution in [2.24, 2.45) is 5.92 Å². The lowest BCUT2D eigenvalue weighted by Gasteiger charge is -2.40. The maximum absolute atomic E-state index is 11.3. The standard InChI is InChI=1S/C10H16N6O/c11-9-13-10(15-14-9)16-4-3-7-6(5-16)1-2-8(17)12-7/h6-7H,1-5H2,(H,12,17)(H3,11,13,14,15). The first-order valence-electron chi connectivity index (χ1n) is 5.94. The predicted octanol–water partition coefficient (Wildman–Crippen LogP) is -0.508. The smallest absolute Gasteiger partial charge is 0.246 e. The molecule has 2 unspecified atom stereocenters. The zero-order valence-electron chi connectivity index (χ0n) is 9.52. The summed E-state index contributed by atoms with van der Waals surface area (Å²) in [6, 6.07) is 0.323. The summed E-state index contributed by atoms with van der Waals surface area (Å²) in [5, 5.41) is 9.78. The molecule has 0 spiro atoms. The van der Waals surface area contributed by atoms with Crippen LogP contribution >= 0.6 is 0 Å². The Morgan fingerprint density at radius 3 is 3.06 bits per heavy atom. The fourth-order valence-corrected chi connectivity index (χ4v) is 2.70. The van der Waals surface area contributed by atoms with E-state index in [4.69, 9.17) is 5.73 Å². The number of hydrogen-bond acceptors (Lipinski definition) is 5. The minimum Gasteiger partial charge on any atom is -0.368 e. The van der Waals surface area contributed by atoms with Crippen LogP contribution in [0.3, 0.4) is 0 Å². The van der Waals surface area contributed by atoms with Crippen molar-refractivity contribution in [3.05, 3.63) is 0 Å². The molecule has 0 aromatic carbocycles. The molecule has 2 fully saturated rings. The monoisotopic (exact) mass is 236 g/mol. The molecule has 4 N–H and O–H groups in total. The number of nitrogen functional groups attached to an aromatic ring is 1. The van der Waals surface area contributed by atoms with Crippen molar-refractivity contribution in [1.29, 1.82) is 0 Å². The number of carbonyl (C=O) groups is 1. The van der Waals surface area contributed by atoms with E-state index in [0.717, 1.165) is 25.9 Å². The largest absolute Gasteiger partial charge is 0.368 e. The van der Waals surface area contributed by atoms with Crippen molar-refractivity contribution in [1.82, 2.24) is 20.5 Å². The summed E-state index contributed by atoms with van der Waals surface area (Å²) in [4.78, 5) is 17.6. The molecular weight excluding hydrogens is 220 g/mol. The number of nitrogens with two attached hydrogens (primary N) is 1. The molecule has 1 amide bonds. The van der Waals surface area contributed by atoms with Gasteiger partial charge in [-0.05, 0) is 18.8 Å². The minimum absolute atomic E-state index is 0.182. The number of nitrogens with zero attached hydrogens (tertiary/aromatic N) is 3. The van der Waals surface area contributed by atoms with Crippen molar-refractivity contribution in [3.8, 4) is 0 Å². The first-order chi connectivity index (χ1) is 8.22. The number of amides is 1. The average Bonchev–Trinajstić information content (AvgIpc) is 2.75. The summed E-state index contributed by atoms with van der Waals surface area (Å²) in [6.07, 6.45) is 2.53. The van der Waals surface area contributed by atoms with Gasteiger partial charge in [0.15, 0.2) is 0 Å². The van der Waals surface area contributed by atoms with Gasteiger partial charge in [-0.2, -0.15) is 4.98 Å². The number of piperidine rings is 2. The first-order valence-corrected chi connectivity index (χ1v) is 5.94. The van der Waals surface area contributed by atoms with Gasteiger partial charge >= 0.3 is 0 Å². The van der Waals surface area contributed by atoms with E-state index in [9.17, 15) is 4.79 Å². The molecule has 7 heteroatoms. The van der Waals surface area contributed by atoms with Crippen molar-refractivity contribution in [2.45, 2.75) is 25.3 Å². The Kier molecular flexibility index (Phi) is 2.38. The van der Waals surface area contributed by atoms with E-state index >= 15 is 0 Å². The van der Waals surface area contributed by atoms with Gasteiger partial charge in [-0.25, -0.2) is 5.10 Å². The van der Waals surface area contributed by atoms with Crippen LogP contribution in [0.15, 0.2) is 0 Å². The molecule has 1 aromatic heterocycles. The highest BCUT2D eigenvalue weighted by Crippen LogP contribution is 2.27. The van der Waals surface area contributed by atoms with Crippen LogP contribution in [0, 0.1) is 5.92 Å². The second-order valence-corrected chi connectivity index (χ2v) is 4.73. The van der Waals surface area contributed by atoms with E-state index in [1.54, 1.807) is 0 Å². The number of fused-ring (bicyclic) bond motifs is 1. The Balaban J connectivity index is 1.70. The first kappa shape index (κ1) is 10.4. The Morgan fingerprint density at radius 2 is 2.29 bits per heavy atom. The molecule has 2 atom stereocenters. The molecule has 1 aromatic rings. The van der Waals surface area contributed by atoms with Crippen LogP contribution in [0.1, 0.15) is 19.3 Å². The number of nitrogens with one attached hydrogen (secondary N) is 2. The van der Waals surface area contributed by atoms with Gasteiger partial charge < -0.3 is 16.0 Å². The molecule has 7 nitrogen and oxygen atoms in total. The number of rotatable bonds is 1. The molecule has 2 aliphatic rings. The quantitative estimate of drug-likeness (QED) is 0.610. The number of anilines is 2. The molecule has 3 heterocycles. The lowest BCUT2D eigenvalue weighted by Crippen LogP contribution is -2.54. The van der Waals surface area contributed by atoms with Crippen LogP contribution < -0.4 is 16.0 Å². The summed E-state index contributed by atoms with van der Waals surface area (Å²) in [7, 11) is 0. The second kappa shape index (κ2) is 3.90. The summed E-state index contributed by atoms with van der Waals surface area (Å²) >= 11 is 0. The number of carbonyl (C=O) groups excluding carboxylic acids is 1. The van der Waals surface area contributed by atoms with Crippen LogP contribution in [-0.4, -0.2) is 40.2 Å². The van der Waals surface area contributed by atoms with Gasteiger partial charge in [0.2, 0.25) is 17.8 Å². The Bertz CT molecular complexity index is 430. The van der Waals surface area contributed by atoms with Crippen molar-refractivity contribution in [3.63, 3.8) is 0 Å². The molecule has 0 radical (unpaired) electrons. The van der Waals surface area contributed by atoms with E-state index < -0.39 is 0 Å². The number of H-pyrrole nitrogens is 1. The van der Waals surface area contributed by atoms with E-state index in [1.165, 1.54) is 0 Å². The molecule has 2 aliphatic heterocycles. The van der Waals surface area contributed by atoms with Crippen molar-refractivity contribution >= 4 is 17.8 Å². The van der Waals surface area contributed by atoms with Crippen LogP contribution in [-0.2, 0) is 4.79 Å². The summed E-state index contributed by atoms with van der Waals surface area (Å²) in [5.74, 6) is 1.69. The second-order valence-electron chi connectivity index (χ2n) is 4.73. The number of aromatic nitrogens is 3. The topological polar surface area (TPSA) is 99.9 Å². The highest BCUT2D eigenvalue weighted by atomic mass is 16.1. The lowest BCUT2D eigenvalue weighted by molar-refractivity contribution is -0.124. The molecule has 17 heavy (non-hydrogen) atoms. The maximum atomic E-state index is 11.3. The summed E-state index contributed by atoms with van der Waals surface area (Å²) in [6.45, 7) is 1.75. The van der Waals surface area contributed by atoms with Gasteiger partial charge in [0, 0.05) is 25.6 Å². The third-order valence-electron chi connectivity index (χ3n) is 3.60. The third-order valence-corrected chi connectivity index (χ3v) is 3.60. The molecule has 0 bridgehead atoms. The van der Waals surface area contributed by atoms with Crippen molar-refractivity contribution in [2.75, 3.05) is 23.7 Å². The molecule has 2 saturated heterocycles. The fourth-order valence-electron chi connectivity index (χ4n) is 2.70. The Labute approximate surface area is 98.8 Å². The van der Waals surface area contributed by atoms with Crippen molar-refractivity contribution < 1.29 is 4.79 Å². The molecule has 92 valence electrons. The lowest BCUT2D eigenvalue weighted by atomic mass is 9.85. The van der Waals surface area contributed by atoms with Crippen LogP contribution in [0.5, 0.6) is 0 Å². The van der Waals surface area contributed by atoms with Crippen LogP contribution in [0.2, 0.25) is 0 Å². The number of hydrogen-bond donors (Lipinski definition) is 3. The van der Waals surface area contributed by atoms with E-state index in [-0.39, 0.29) is 5.91 Å². The normalized spacial score (nSPS) is 28.7. The average molecular weight is 236 g/mol. The number of aromatic amines is 1. The third kappa shape index (κ3) is 1.92. The van der Waals surface area contributed by atoms with Gasteiger partial charge in [0.05, 0.1) is 0 Å². The van der Waals surface area contributed by atoms with Crippen LogP contribution in [0.4, 0.5) is 11.9 Å². The Hall–Kier alpha value is -1.79. The SMILES string of the molecule is Nc1nc(N2CCC3NC(=O)CCC3C2)n[nH]1. The molecular formula is C10H16N6O. The summed E-state index contributed by atoms with van der Waals surface area (Å²) < 4.78 is 0. The Morgan fingerprint density at radius 1 is 1.41 bits per heavy atom. The van der Waals surface area contributed by atoms with E-state index in [2.05, 4.69) is 25.4 Å². The fraction of sp³-hybridized carbons (Fsp3) is 0.700. The zero-order chi connectivity index (χ0) is 11.8. The minimum atomic E-state index is 0.182. The molecule has 0 aliphatic carbocycles. The van der Waals surface area contributed by atoms with Gasteiger partial charge in [-0.1, -0.05) is 0 Å². The van der Waals surface area contributed by atoms with Gasteiger partial charge in [0.25, 0.3) is 0 Å². The van der Waals surface area contributed by atoms with E-state index in [1.807, 2.05) is 0 Å². The van der Waals surface area contributed by atoms with Gasteiger partial charge in [-0.3, -0.25) is 4.79 Å².